The molecule has 0 radical (unpaired) electrons. The summed E-state index contributed by atoms with van der Waals surface area (Å²) in [6.07, 6.45) is -3.31. The zero-order valence-corrected chi connectivity index (χ0v) is 9.43. The van der Waals surface area contributed by atoms with E-state index in [1.807, 2.05) is 12.1 Å². The minimum atomic E-state index is -4.20. The van der Waals surface area contributed by atoms with Crippen molar-refractivity contribution in [1.82, 2.24) is 0 Å². The predicted molar refractivity (Wildman–Crippen MR) is 58.7 cm³/mol. The molecule has 4 heteroatoms. The van der Waals surface area contributed by atoms with Gasteiger partial charge in [-0.3, -0.25) is 0 Å². The first-order valence-electron chi connectivity index (χ1n) is 5.82. The van der Waals surface area contributed by atoms with Gasteiger partial charge in [0, 0.05) is 6.42 Å². The molecule has 1 N–H and O–H groups in total. The number of hydrogen-bond acceptors (Lipinski definition) is 1. The molecule has 1 atom stereocenters. The minimum absolute atomic E-state index is 0.262. The van der Waals surface area contributed by atoms with E-state index < -0.39 is 18.7 Å². The zero-order chi connectivity index (χ0) is 12.5. The van der Waals surface area contributed by atoms with Crippen LogP contribution in [0.3, 0.4) is 0 Å². The predicted octanol–water partition coefficient (Wildman–Crippen LogP) is 3.55. The first-order chi connectivity index (χ1) is 7.96. The highest BCUT2D eigenvalue weighted by Gasteiger charge is 2.28. The number of aliphatic hydroxyl groups is 1. The number of aliphatic hydroxyl groups excluding tert-OH is 1. The van der Waals surface area contributed by atoms with Crippen LogP contribution < -0.4 is 0 Å². The van der Waals surface area contributed by atoms with Gasteiger partial charge < -0.3 is 5.11 Å². The van der Waals surface area contributed by atoms with Crippen LogP contribution in [-0.4, -0.2) is 11.3 Å². The van der Waals surface area contributed by atoms with Crippen LogP contribution in [0.1, 0.15) is 42.1 Å². The fourth-order valence-corrected chi connectivity index (χ4v) is 2.27. The van der Waals surface area contributed by atoms with E-state index in [0.717, 1.165) is 19.3 Å². The van der Waals surface area contributed by atoms with Crippen molar-refractivity contribution in [3.05, 3.63) is 34.9 Å². The highest BCUT2D eigenvalue weighted by molar-refractivity contribution is 5.36. The summed E-state index contributed by atoms with van der Waals surface area (Å²) in [6.45, 7) is 0. The third-order valence-corrected chi connectivity index (χ3v) is 3.21. The number of rotatable bonds is 3. The largest absolute Gasteiger partial charge is 0.389 e. The lowest BCUT2D eigenvalue weighted by atomic mass is 10.00. The summed E-state index contributed by atoms with van der Waals surface area (Å²) in [6, 6.07) is 5.52. The smallest absolute Gasteiger partial charge is 0.388 e. The van der Waals surface area contributed by atoms with Crippen LogP contribution in [0, 0.1) is 0 Å². The van der Waals surface area contributed by atoms with Crippen LogP contribution in [0.2, 0.25) is 0 Å². The molecule has 1 unspecified atom stereocenters. The number of aryl methyl sites for hydroxylation is 2. The normalized spacial score (nSPS) is 16.9. The van der Waals surface area contributed by atoms with Gasteiger partial charge in [-0.2, -0.15) is 13.2 Å². The van der Waals surface area contributed by atoms with Crippen LogP contribution in [0.4, 0.5) is 13.2 Å². The number of halogens is 3. The average Bonchev–Trinajstić information content (AvgIpc) is 2.71. The molecule has 1 aromatic carbocycles. The van der Waals surface area contributed by atoms with Crippen molar-refractivity contribution in [2.24, 2.45) is 0 Å². The molecule has 0 amide bonds. The first kappa shape index (κ1) is 12.4. The number of alkyl halides is 3. The minimum Gasteiger partial charge on any atom is -0.388 e. The molecule has 0 saturated heterocycles. The van der Waals surface area contributed by atoms with E-state index in [4.69, 9.17) is 0 Å². The molecule has 94 valence electrons. The molecule has 0 bridgehead atoms. The van der Waals surface area contributed by atoms with E-state index in [9.17, 15) is 18.3 Å². The van der Waals surface area contributed by atoms with Crippen LogP contribution in [0.15, 0.2) is 18.2 Å². The van der Waals surface area contributed by atoms with Crippen molar-refractivity contribution in [3.63, 3.8) is 0 Å². The lowest BCUT2D eigenvalue weighted by molar-refractivity contribution is -0.140. The summed E-state index contributed by atoms with van der Waals surface area (Å²) in [5, 5.41) is 9.72. The quantitative estimate of drug-likeness (QED) is 0.862. The topological polar surface area (TPSA) is 20.2 Å². The SMILES string of the molecule is OC(CCC(F)(F)F)c1ccc2c(c1)CCC2. The van der Waals surface area contributed by atoms with E-state index in [1.54, 1.807) is 6.07 Å². The second kappa shape index (κ2) is 4.69. The first-order valence-corrected chi connectivity index (χ1v) is 5.82. The summed E-state index contributed by atoms with van der Waals surface area (Å²) in [5.41, 5.74) is 3.04. The van der Waals surface area contributed by atoms with E-state index in [0.29, 0.717) is 5.56 Å². The maximum atomic E-state index is 12.0. The van der Waals surface area contributed by atoms with E-state index >= 15 is 0 Å². The van der Waals surface area contributed by atoms with Gasteiger partial charge in [-0.25, -0.2) is 0 Å². The lowest BCUT2D eigenvalue weighted by Crippen LogP contribution is -2.10. The Morgan fingerprint density at radius 1 is 1.18 bits per heavy atom. The Morgan fingerprint density at radius 2 is 1.88 bits per heavy atom. The Kier molecular flexibility index (Phi) is 3.43. The maximum absolute atomic E-state index is 12.0. The number of benzene rings is 1. The Bertz CT molecular complexity index is 398. The van der Waals surface area contributed by atoms with Gasteiger partial charge in [-0.05, 0) is 42.4 Å². The fraction of sp³-hybridized carbons (Fsp3) is 0.538. The molecule has 0 saturated carbocycles. The molecular weight excluding hydrogens is 229 g/mol. The second-order valence-corrected chi connectivity index (χ2v) is 4.55. The molecule has 0 aliphatic heterocycles. The Balaban J connectivity index is 2.02. The highest BCUT2D eigenvalue weighted by Crippen LogP contribution is 2.30. The Morgan fingerprint density at radius 3 is 2.59 bits per heavy atom. The van der Waals surface area contributed by atoms with Gasteiger partial charge in [0.05, 0.1) is 6.10 Å². The van der Waals surface area contributed by atoms with Gasteiger partial charge >= 0.3 is 6.18 Å². The highest BCUT2D eigenvalue weighted by atomic mass is 19.4. The van der Waals surface area contributed by atoms with E-state index in [1.165, 1.54) is 11.1 Å². The van der Waals surface area contributed by atoms with Crippen LogP contribution >= 0.6 is 0 Å². The third kappa shape index (κ3) is 3.22. The van der Waals surface area contributed by atoms with Gasteiger partial charge in [-0.1, -0.05) is 18.2 Å². The summed E-state index contributed by atoms with van der Waals surface area (Å²) in [7, 11) is 0. The van der Waals surface area contributed by atoms with Crippen LogP contribution in [0.25, 0.3) is 0 Å². The van der Waals surface area contributed by atoms with Gasteiger partial charge in [0.1, 0.15) is 0 Å². The lowest BCUT2D eigenvalue weighted by Gasteiger charge is -2.13. The number of hydrogen-bond donors (Lipinski definition) is 1. The summed E-state index contributed by atoms with van der Waals surface area (Å²) < 4.78 is 36.1. The molecule has 0 heterocycles. The summed E-state index contributed by atoms with van der Waals surface area (Å²) in [4.78, 5) is 0. The zero-order valence-electron chi connectivity index (χ0n) is 9.43. The Hall–Kier alpha value is -1.03. The van der Waals surface area contributed by atoms with Crippen molar-refractivity contribution in [1.29, 1.82) is 0 Å². The molecule has 17 heavy (non-hydrogen) atoms. The molecule has 2 rings (SSSR count). The van der Waals surface area contributed by atoms with Gasteiger partial charge in [0.25, 0.3) is 0 Å². The van der Waals surface area contributed by atoms with Crippen molar-refractivity contribution in [2.75, 3.05) is 0 Å². The van der Waals surface area contributed by atoms with E-state index in [-0.39, 0.29) is 6.42 Å². The molecule has 0 aromatic heterocycles. The molecule has 0 fully saturated rings. The van der Waals surface area contributed by atoms with Crippen LogP contribution in [0.5, 0.6) is 0 Å². The average molecular weight is 244 g/mol. The monoisotopic (exact) mass is 244 g/mol. The Labute approximate surface area is 98.3 Å². The molecule has 1 aliphatic rings. The molecule has 0 spiro atoms. The van der Waals surface area contributed by atoms with Crippen molar-refractivity contribution >= 4 is 0 Å². The standard InChI is InChI=1S/C13H15F3O/c14-13(15,16)7-6-12(17)11-5-4-9-2-1-3-10(9)8-11/h4-5,8,12,17H,1-3,6-7H2. The van der Waals surface area contributed by atoms with Crippen molar-refractivity contribution < 1.29 is 18.3 Å². The molecule has 1 nitrogen and oxygen atoms in total. The molecule has 1 aliphatic carbocycles. The van der Waals surface area contributed by atoms with Gasteiger partial charge in [0.15, 0.2) is 0 Å². The molecular formula is C13H15F3O. The summed E-state index contributed by atoms with van der Waals surface area (Å²) >= 11 is 0. The number of fused-ring (bicyclic) bond motifs is 1. The third-order valence-electron chi connectivity index (χ3n) is 3.21. The van der Waals surface area contributed by atoms with Gasteiger partial charge in [-0.15, -0.1) is 0 Å². The maximum Gasteiger partial charge on any atom is 0.389 e. The second-order valence-electron chi connectivity index (χ2n) is 4.55. The van der Waals surface area contributed by atoms with Crippen molar-refractivity contribution in [3.8, 4) is 0 Å². The van der Waals surface area contributed by atoms with Crippen molar-refractivity contribution in [2.45, 2.75) is 44.4 Å². The fourth-order valence-electron chi connectivity index (χ4n) is 2.27. The van der Waals surface area contributed by atoms with Crippen LogP contribution in [-0.2, 0) is 12.8 Å². The summed E-state index contributed by atoms with van der Waals surface area (Å²) in [5.74, 6) is 0. The van der Waals surface area contributed by atoms with Gasteiger partial charge in [0.2, 0.25) is 0 Å². The molecule has 1 aromatic rings. The van der Waals surface area contributed by atoms with E-state index in [2.05, 4.69) is 0 Å².